The predicted molar refractivity (Wildman–Crippen MR) is 107 cm³/mol. The highest BCUT2D eigenvalue weighted by Gasteiger charge is 2.23. The summed E-state index contributed by atoms with van der Waals surface area (Å²) in [5.41, 5.74) is 0.953. The molecule has 0 spiro atoms. The minimum absolute atomic E-state index is 0.00323. The summed E-state index contributed by atoms with van der Waals surface area (Å²) in [4.78, 5) is 28.5. The van der Waals surface area contributed by atoms with Crippen LogP contribution in [0.3, 0.4) is 0 Å². The van der Waals surface area contributed by atoms with Crippen LogP contribution in [0.25, 0.3) is 0 Å². The highest BCUT2D eigenvalue weighted by atomic mass is 32.1. The number of halogens is 1. The first kappa shape index (κ1) is 20.6. The van der Waals surface area contributed by atoms with Gasteiger partial charge >= 0.3 is 0 Å². The number of benzene rings is 1. The Morgan fingerprint density at radius 3 is 2.50 bits per heavy atom. The van der Waals surface area contributed by atoms with Gasteiger partial charge in [0.1, 0.15) is 5.82 Å². The van der Waals surface area contributed by atoms with Gasteiger partial charge in [0.05, 0.1) is 24.1 Å². The second-order valence-electron chi connectivity index (χ2n) is 6.85. The van der Waals surface area contributed by atoms with Gasteiger partial charge < -0.3 is 10.1 Å². The zero-order chi connectivity index (χ0) is 19.9. The molecule has 1 unspecified atom stereocenters. The van der Waals surface area contributed by atoms with Crippen molar-refractivity contribution in [2.75, 3.05) is 32.8 Å². The van der Waals surface area contributed by atoms with E-state index in [-0.39, 0.29) is 36.4 Å². The smallest absolute Gasteiger partial charge is 0.220 e. The van der Waals surface area contributed by atoms with Gasteiger partial charge in [-0.1, -0.05) is 12.1 Å². The lowest BCUT2D eigenvalue weighted by Gasteiger charge is -2.35. The number of ether oxygens (including phenoxy) is 1. The number of nitrogens with zero attached hydrogens (tertiary/aromatic N) is 1. The average molecular weight is 405 g/mol. The van der Waals surface area contributed by atoms with Gasteiger partial charge in [-0.05, 0) is 36.8 Å². The van der Waals surface area contributed by atoms with Crippen molar-refractivity contribution in [2.45, 2.75) is 25.8 Å². The fourth-order valence-electron chi connectivity index (χ4n) is 3.27. The Morgan fingerprint density at radius 2 is 1.86 bits per heavy atom. The third-order valence-corrected chi connectivity index (χ3v) is 5.87. The van der Waals surface area contributed by atoms with Crippen LogP contribution < -0.4 is 5.32 Å². The molecule has 1 aliphatic rings. The van der Waals surface area contributed by atoms with Gasteiger partial charge in [0, 0.05) is 37.4 Å². The molecule has 1 aromatic heterocycles. The molecule has 1 fully saturated rings. The number of ketones is 1. The summed E-state index contributed by atoms with van der Waals surface area (Å²) in [5.74, 6) is -0.436. The molecule has 150 valence electrons. The van der Waals surface area contributed by atoms with E-state index >= 15 is 0 Å². The summed E-state index contributed by atoms with van der Waals surface area (Å²) >= 11 is 1.45. The summed E-state index contributed by atoms with van der Waals surface area (Å²) in [5, 5.41) is 2.94. The topological polar surface area (TPSA) is 58.6 Å². The van der Waals surface area contributed by atoms with Crippen molar-refractivity contribution in [1.82, 2.24) is 10.2 Å². The molecular formula is C21H25FN2O3S. The molecule has 3 rings (SSSR count). The van der Waals surface area contributed by atoms with Gasteiger partial charge in [-0.15, -0.1) is 11.3 Å². The van der Waals surface area contributed by atoms with Crippen molar-refractivity contribution in [3.63, 3.8) is 0 Å². The molecule has 0 bridgehead atoms. The third-order valence-electron chi connectivity index (χ3n) is 4.83. The van der Waals surface area contributed by atoms with Crippen LogP contribution in [-0.4, -0.2) is 49.4 Å². The SMILES string of the molecule is Cc1ccc(C(=O)CCC(=O)NCC(c2ccc(F)cc2)N2CCOCC2)s1. The average Bonchev–Trinajstić information content (AvgIpc) is 3.15. The second kappa shape index (κ2) is 9.91. The number of carbonyl (C=O) groups is 2. The van der Waals surface area contributed by atoms with Crippen LogP contribution in [0.2, 0.25) is 0 Å². The van der Waals surface area contributed by atoms with E-state index in [2.05, 4.69) is 10.2 Å². The van der Waals surface area contributed by atoms with Crippen LogP contribution in [0, 0.1) is 12.7 Å². The maximum atomic E-state index is 13.3. The fourth-order valence-corrected chi connectivity index (χ4v) is 4.10. The maximum Gasteiger partial charge on any atom is 0.220 e. The fraction of sp³-hybridized carbons (Fsp3) is 0.429. The highest BCUT2D eigenvalue weighted by Crippen LogP contribution is 2.22. The molecule has 0 radical (unpaired) electrons. The molecular weight excluding hydrogens is 379 g/mol. The molecule has 1 aromatic carbocycles. The van der Waals surface area contributed by atoms with Gasteiger partial charge in [-0.3, -0.25) is 14.5 Å². The van der Waals surface area contributed by atoms with E-state index in [0.29, 0.717) is 24.6 Å². The number of hydrogen-bond acceptors (Lipinski definition) is 5. The first-order valence-electron chi connectivity index (χ1n) is 9.46. The van der Waals surface area contributed by atoms with Gasteiger partial charge in [-0.25, -0.2) is 4.39 Å². The molecule has 28 heavy (non-hydrogen) atoms. The monoisotopic (exact) mass is 404 g/mol. The van der Waals surface area contributed by atoms with E-state index in [1.807, 2.05) is 19.1 Å². The Balaban J connectivity index is 1.55. The van der Waals surface area contributed by atoms with Crippen LogP contribution in [0.5, 0.6) is 0 Å². The van der Waals surface area contributed by atoms with Gasteiger partial charge in [0.15, 0.2) is 5.78 Å². The molecule has 0 aliphatic carbocycles. The molecule has 0 saturated carbocycles. The van der Waals surface area contributed by atoms with Crippen molar-refractivity contribution in [1.29, 1.82) is 0 Å². The number of amides is 1. The van der Waals surface area contributed by atoms with E-state index in [9.17, 15) is 14.0 Å². The standard InChI is InChI=1S/C21H25FN2O3S/c1-15-2-8-20(28-15)19(25)7-9-21(26)23-14-18(24-10-12-27-13-11-24)16-3-5-17(22)6-4-16/h2-6,8,18H,7,9-14H2,1H3,(H,23,26). The lowest BCUT2D eigenvalue weighted by Crippen LogP contribution is -2.43. The van der Waals surface area contributed by atoms with E-state index in [0.717, 1.165) is 23.5 Å². The maximum absolute atomic E-state index is 13.3. The number of carbonyl (C=O) groups excluding carboxylic acids is 2. The van der Waals surface area contributed by atoms with Crippen molar-refractivity contribution < 1.29 is 18.7 Å². The predicted octanol–water partition coefficient (Wildman–Crippen LogP) is 3.35. The van der Waals surface area contributed by atoms with Crippen LogP contribution >= 0.6 is 11.3 Å². The molecule has 7 heteroatoms. The normalized spacial score (nSPS) is 15.9. The van der Waals surface area contributed by atoms with Gasteiger partial charge in [0.2, 0.25) is 5.91 Å². The van der Waals surface area contributed by atoms with Crippen molar-refractivity contribution in [3.8, 4) is 0 Å². The summed E-state index contributed by atoms with van der Waals surface area (Å²) in [6, 6.07) is 10.0. The number of rotatable bonds is 8. The van der Waals surface area contributed by atoms with Crippen molar-refractivity contribution in [3.05, 3.63) is 57.5 Å². The van der Waals surface area contributed by atoms with Crippen molar-refractivity contribution in [2.24, 2.45) is 0 Å². The second-order valence-corrected chi connectivity index (χ2v) is 8.14. The summed E-state index contributed by atoms with van der Waals surface area (Å²) in [7, 11) is 0. The number of aryl methyl sites for hydroxylation is 1. The lowest BCUT2D eigenvalue weighted by molar-refractivity contribution is -0.121. The molecule has 1 saturated heterocycles. The largest absolute Gasteiger partial charge is 0.379 e. The molecule has 2 aromatic rings. The Morgan fingerprint density at radius 1 is 1.14 bits per heavy atom. The van der Waals surface area contributed by atoms with Gasteiger partial charge in [-0.2, -0.15) is 0 Å². The number of Topliss-reactive ketones (excluding diaryl/α,β-unsaturated/α-hetero) is 1. The van der Waals surface area contributed by atoms with E-state index in [1.54, 1.807) is 12.1 Å². The zero-order valence-electron chi connectivity index (χ0n) is 15.9. The van der Waals surface area contributed by atoms with E-state index in [1.165, 1.54) is 23.5 Å². The number of thiophene rings is 1. The highest BCUT2D eigenvalue weighted by molar-refractivity contribution is 7.14. The number of morpholine rings is 1. The van der Waals surface area contributed by atoms with Crippen LogP contribution in [0.15, 0.2) is 36.4 Å². The molecule has 1 amide bonds. The first-order valence-corrected chi connectivity index (χ1v) is 10.3. The van der Waals surface area contributed by atoms with Gasteiger partial charge in [0.25, 0.3) is 0 Å². The Labute approximate surface area is 168 Å². The van der Waals surface area contributed by atoms with E-state index < -0.39 is 0 Å². The molecule has 5 nitrogen and oxygen atoms in total. The third kappa shape index (κ3) is 5.70. The summed E-state index contributed by atoms with van der Waals surface area (Å²) in [6.07, 6.45) is 0.361. The molecule has 1 aliphatic heterocycles. The number of nitrogens with one attached hydrogen (secondary N) is 1. The summed E-state index contributed by atoms with van der Waals surface area (Å²) in [6.45, 7) is 5.16. The first-order chi connectivity index (χ1) is 13.5. The minimum atomic E-state index is -0.282. The van der Waals surface area contributed by atoms with Crippen molar-refractivity contribution >= 4 is 23.0 Å². The van der Waals surface area contributed by atoms with Crippen LogP contribution in [-0.2, 0) is 9.53 Å². The van der Waals surface area contributed by atoms with E-state index in [4.69, 9.17) is 4.74 Å². The lowest BCUT2D eigenvalue weighted by atomic mass is 10.0. The molecule has 1 N–H and O–H groups in total. The zero-order valence-corrected chi connectivity index (χ0v) is 16.8. The Hall–Kier alpha value is -2.09. The Bertz CT molecular complexity index is 800. The number of hydrogen-bond donors (Lipinski definition) is 1. The van der Waals surface area contributed by atoms with Crippen LogP contribution in [0.4, 0.5) is 4.39 Å². The quantitative estimate of drug-likeness (QED) is 0.686. The van der Waals surface area contributed by atoms with Crippen LogP contribution in [0.1, 0.15) is 39.0 Å². The molecule has 1 atom stereocenters. The Kier molecular flexibility index (Phi) is 7.30. The summed E-state index contributed by atoms with van der Waals surface area (Å²) < 4.78 is 18.7. The minimum Gasteiger partial charge on any atom is -0.379 e. The molecule has 2 heterocycles.